The number of hydrogen-bond acceptors (Lipinski definition) is 5. The summed E-state index contributed by atoms with van der Waals surface area (Å²) in [7, 11) is 1.61. The molecule has 6 heteroatoms. The van der Waals surface area contributed by atoms with Crippen molar-refractivity contribution in [2.45, 2.75) is 19.9 Å². The van der Waals surface area contributed by atoms with Gasteiger partial charge in [-0.2, -0.15) is 0 Å². The van der Waals surface area contributed by atoms with Gasteiger partial charge in [0.25, 0.3) is 5.91 Å². The van der Waals surface area contributed by atoms with Gasteiger partial charge >= 0.3 is 0 Å². The van der Waals surface area contributed by atoms with Gasteiger partial charge in [0.1, 0.15) is 0 Å². The number of nitrogen functional groups attached to an aromatic ring is 1. The van der Waals surface area contributed by atoms with E-state index >= 15 is 0 Å². The molecule has 0 bridgehead atoms. The SMILES string of the molecule is COCCN(C(=O)c1cc2c(cc1N)OCO2)C(C)C. The van der Waals surface area contributed by atoms with E-state index < -0.39 is 0 Å². The quantitative estimate of drug-likeness (QED) is 0.827. The van der Waals surface area contributed by atoms with E-state index in [0.29, 0.717) is 35.9 Å². The van der Waals surface area contributed by atoms with E-state index in [0.717, 1.165) is 0 Å². The van der Waals surface area contributed by atoms with Crippen LogP contribution in [0.5, 0.6) is 11.5 Å². The van der Waals surface area contributed by atoms with Crippen LogP contribution in [0.25, 0.3) is 0 Å². The number of carbonyl (C=O) groups is 1. The van der Waals surface area contributed by atoms with Crippen molar-refractivity contribution >= 4 is 11.6 Å². The average Bonchev–Trinajstić information content (AvgIpc) is 2.84. The first kappa shape index (κ1) is 14.5. The van der Waals surface area contributed by atoms with Crippen LogP contribution >= 0.6 is 0 Å². The minimum atomic E-state index is -0.132. The molecular weight excluding hydrogens is 260 g/mol. The minimum absolute atomic E-state index is 0.0578. The Morgan fingerprint density at radius 1 is 1.40 bits per heavy atom. The van der Waals surface area contributed by atoms with Crippen LogP contribution in [0.4, 0.5) is 5.69 Å². The van der Waals surface area contributed by atoms with E-state index in [9.17, 15) is 4.79 Å². The maximum absolute atomic E-state index is 12.6. The molecule has 0 spiro atoms. The summed E-state index contributed by atoms with van der Waals surface area (Å²) in [5.74, 6) is 0.998. The molecule has 0 unspecified atom stereocenters. The standard InChI is InChI=1S/C14H20N2O4/c1-9(2)16(4-5-18-3)14(17)10-6-12-13(7-11(10)15)20-8-19-12/h6-7,9H,4-5,8,15H2,1-3H3. The van der Waals surface area contributed by atoms with Crippen molar-refractivity contribution in [1.82, 2.24) is 4.90 Å². The van der Waals surface area contributed by atoms with Gasteiger partial charge in [-0.15, -0.1) is 0 Å². The van der Waals surface area contributed by atoms with Gasteiger partial charge < -0.3 is 24.8 Å². The van der Waals surface area contributed by atoms with Crippen LogP contribution in [0.3, 0.4) is 0 Å². The average molecular weight is 280 g/mol. The summed E-state index contributed by atoms with van der Waals surface area (Å²) in [5, 5.41) is 0. The predicted molar refractivity (Wildman–Crippen MR) is 75.0 cm³/mol. The Kier molecular flexibility index (Phi) is 4.34. The van der Waals surface area contributed by atoms with Crippen LogP contribution in [0.15, 0.2) is 12.1 Å². The molecule has 0 aromatic heterocycles. The third kappa shape index (κ3) is 2.80. The summed E-state index contributed by atoms with van der Waals surface area (Å²) < 4.78 is 15.6. The summed E-state index contributed by atoms with van der Waals surface area (Å²) in [6.07, 6.45) is 0. The van der Waals surface area contributed by atoms with Crippen LogP contribution in [-0.4, -0.2) is 43.9 Å². The molecule has 1 aromatic rings. The molecule has 20 heavy (non-hydrogen) atoms. The number of carbonyl (C=O) groups excluding carboxylic acids is 1. The Morgan fingerprint density at radius 2 is 2.05 bits per heavy atom. The molecule has 2 rings (SSSR count). The van der Waals surface area contributed by atoms with Gasteiger partial charge in [0, 0.05) is 31.5 Å². The third-order valence-corrected chi connectivity index (χ3v) is 3.20. The molecule has 1 amide bonds. The normalized spacial score (nSPS) is 12.8. The lowest BCUT2D eigenvalue weighted by Gasteiger charge is -2.27. The predicted octanol–water partition coefficient (Wildman–Crippen LogP) is 1.49. The zero-order valence-corrected chi connectivity index (χ0v) is 12.0. The largest absolute Gasteiger partial charge is 0.454 e. The smallest absolute Gasteiger partial charge is 0.256 e. The number of nitrogens with zero attached hydrogens (tertiary/aromatic N) is 1. The highest BCUT2D eigenvalue weighted by Crippen LogP contribution is 2.36. The Labute approximate surface area is 118 Å². The van der Waals surface area contributed by atoms with Crippen LogP contribution in [0.1, 0.15) is 24.2 Å². The second kappa shape index (κ2) is 6.00. The number of amides is 1. The van der Waals surface area contributed by atoms with Gasteiger partial charge in [0.15, 0.2) is 11.5 Å². The summed E-state index contributed by atoms with van der Waals surface area (Å²) in [6.45, 7) is 5.06. The van der Waals surface area contributed by atoms with Crippen molar-refractivity contribution in [1.29, 1.82) is 0 Å². The van der Waals surface area contributed by atoms with Crippen molar-refractivity contribution in [2.24, 2.45) is 0 Å². The highest BCUT2D eigenvalue weighted by Gasteiger charge is 2.24. The summed E-state index contributed by atoms with van der Waals surface area (Å²) in [4.78, 5) is 14.3. The molecular formula is C14H20N2O4. The van der Waals surface area contributed by atoms with Crippen molar-refractivity contribution < 1.29 is 19.0 Å². The first-order valence-electron chi connectivity index (χ1n) is 6.53. The van der Waals surface area contributed by atoms with Crippen LogP contribution in [-0.2, 0) is 4.74 Å². The number of hydrogen-bond donors (Lipinski definition) is 1. The fourth-order valence-electron chi connectivity index (χ4n) is 2.08. The van der Waals surface area contributed by atoms with E-state index in [1.807, 2.05) is 13.8 Å². The zero-order valence-electron chi connectivity index (χ0n) is 12.0. The van der Waals surface area contributed by atoms with E-state index in [4.69, 9.17) is 19.9 Å². The molecule has 0 saturated carbocycles. The Morgan fingerprint density at radius 3 is 2.65 bits per heavy atom. The van der Waals surface area contributed by atoms with Crippen molar-refractivity contribution in [2.75, 3.05) is 32.8 Å². The highest BCUT2D eigenvalue weighted by molar-refractivity contribution is 6.00. The number of ether oxygens (including phenoxy) is 3. The van der Waals surface area contributed by atoms with E-state index in [-0.39, 0.29) is 18.7 Å². The highest BCUT2D eigenvalue weighted by atomic mass is 16.7. The van der Waals surface area contributed by atoms with Crippen LogP contribution < -0.4 is 15.2 Å². The lowest BCUT2D eigenvalue weighted by molar-refractivity contribution is 0.0635. The van der Waals surface area contributed by atoms with Gasteiger partial charge in [0.2, 0.25) is 6.79 Å². The van der Waals surface area contributed by atoms with Crippen LogP contribution in [0.2, 0.25) is 0 Å². The Bertz CT molecular complexity index is 502. The molecule has 1 aliphatic heterocycles. The van der Waals surface area contributed by atoms with E-state index in [1.165, 1.54) is 0 Å². The number of nitrogens with two attached hydrogens (primary N) is 1. The number of methoxy groups -OCH3 is 1. The number of fused-ring (bicyclic) bond motifs is 1. The van der Waals surface area contributed by atoms with E-state index in [1.54, 1.807) is 24.1 Å². The third-order valence-electron chi connectivity index (χ3n) is 3.20. The minimum Gasteiger partial charge on any atom is -0.454 e. The second-order valence-electron chi connectivity index (χ2n) is 4.88. The van der Waals surface area contributed by atoms with Gasteiger partial charge in [-0.3, -0.25) is 4.79 Å². The fraction of sp³-hybridized carbons (Fsp3) is 0.500. The molecule has 110 valence electrons. The number of rotatable bonds is 5. The zero-order chi connectivity index (χ0) is 14.7. The van der Waals surface area contributed by atoms with Crippen molar-refractivity contribution in [3.8, 4) is 11.5 Å². The molecule has 0 atom stereocenters. The van der Waals surface area contributed by atoms with Crippen molar-refractivity contribution in [3.63, 3.8) is 0 Å². The van der Waals surface area contributed by atoms with Crippen LogP contribution in [0, 0.1) is 0 Å². The number of anilines is 1. The van der Waals surface area contributed by atoms with Gasteiger partial charge in [-0.05, 0) is 19.9 Å². The maximum atomic E-state index is 12.6. The second-order valence-corrected chi connectivity index (χ2v) is 4.88. The molecule has 0 saturated heterocycles. The monoisotopic (exact) mass is 280 g/mol. The first-order chi connectivity index (χ1) is 9.54. The maximum Gasteiger partial charge on any atom is 0.256 e. The summed E-state index contributed by atoms with van der Waals surface area (Å²) >= 11 is 0. The Balaban J connectivity index is 2.27. The molecule has 2 N–H and O–H groups in total. The molecule has 0 fully saturated rings. The first-order valence-corrected chi connectivity index (χ1v) is 6.53. The summed E-state index contributed by atoms with van der Waals surface area (Å²) in [6, 6.07) is 3.33. The fourth-order valence-corrected chi connectivity index (χ4v) is 2.08. The molecule has 0 radical (unpaired) electrons. The molecule has 1 aromatic carbocycles. The van der Waals surface area contributed by atoms with Gasteiger partial charge in [-0.25, -0.2) is 0 Å². The molecule has 0 aliphatic carbocycles. The topological polar surface area (TPSA) is 74.0 Å². The Hall–Kier alpha value is -1.95. The van der Waals surface area contributed by atoms with Gasteiger partial charge in [-0.1, -0.05) is 0 Å². The van der Waals surface area contributed by atoms with E-state index in [2.05, 4.69) is 0 Å². The van der Waals surface area contributed by atoms with Crippen molar-refractivity contribution in [3.05, 3.63) is 17.7 Å². The molecule has 1 aliphatic rings. The lowest BCUT2D eigenvalue weighted by atomic mass is 10.1. The lowest BCUT2D eigenvalue weighted by Crippen LogP contribution is -2.39. The molecule has 1 heterocycles. The number of benzene rings is 1. The molecule has 6 nitrogen and oxygen atoms in total. The van der Waals surface area contributed by atoms with Gasteiger partial charge in [0.05, 0.1) is 12.2 Å². The summed E-state index contributed by atoms with van der Waals surface area (Å²) in [5.41, 5.74) is 6.77.